The number of fused-ring (bicyclic) bond motifs is 1. The molecule has 0 spiro atoms. The predicted octanol–water partition coefficient (Wildman–Crippen LogP) is 6.53. The van der Waals surface area contributed by atoms with E-state index < -0.39 is 0 Å². The number of hydrogen-bond acceptors (Lipinski definition) is 2. The fourth-order valence-electron chi connectivity index (χ4n) is 3.10. The molecule has 0 unspecified atom stereocenters. The minimum absolute atomic E-state index is 0.185. The Labute approximate surface area is 172 Å². The molecule has 138 valence electrons. The van der Waals surface area contributed by atoms with Gasteiger partial charge >= 0.3 is 0 Å². The first-order chi connectivity index (χ1) is 13.5. The molecule has 3 nitrogen and oxygen atoms in total. The molecular weight excluding hydrogens is 391 g/mol. The van der Waals surface area contributed by atoms with Crippen molar-refractivity contribution in [2.24, 2.45) is 0 Å². The molecule has 3 aromatic carbocycles. The number of benzene rings is 3. The lowest BCUT2D eigenvalue weighted by molar-refractivity contribution is 0.0985. The van der Waals surface area contributed by atoms with Crippen LogP contribution in [0, 0.1) is 6.92 Å². The third kappa shape index (κ3) is 3.72. The number of aryl methyl sites for hydroxylation is 1. The van der Waals surface area contributed by atoms with Crippen molar-refractivity contribution in [2.75, 3.05) is 0 Å². The molecule has 0 radical (unpaired) electrons. The minimum Gasteiger partial charge on any atom is -0.268 e. The molecule has 0 N–H and O–H groups in total. The summed E-state index contributed by atoms with van der Waals surface area (Å²) in [4.78, 5) is 17.9. The van der Waals surface area contributed by atoms with Gasteiger partial charge in [0.25, 0.3) is 5.91 Å². The van der Waals surface area contributed by atoms with Crippen LogP contribution in [0.25, 0.3) is 22.7 Å². The first-order valence-electron chi connectivity index (χ1n) is 8.73. The van der Waals surface area contributed by atoms with Crippen molar-refractivity contribution >= 4 is 51.8 Å². The molecule has 0 atom stereocenters. The van der Waals surface area contributed by atoms with Crippen LogP contribution in [0.4, 0.5) is 0 Å². The highest BCUT2D eigenvalue weighted by Crippen LogP contribution is 2.26. The lowest BCUT2D eigenvalue weighted by atomic mass is 10.0. The summed E-state index contributed by atoms with van der Waals surface area (Å²) in [5, 5.41) is 1.17. The number of nitrogens with zero attached hydrogens (tertiary/aromatic N) is 2. The van der Waals surface area contributed by atoms with E-state index in [1.54, 1.807) is 29.1 Å². The molecule has 0 aliphatic carbocycles. The predicted molar refractivity (Wildman–Crippen MR) is 116 cm³/mol. The lowest BCUT2D eigenvalue weighted by Crippen LogP contribution is -2.11. The van der Waals surface area contributed by atoms with Gasteiger partial charge in [0.05, 0.1) is 11.0 Å². The molecule has 0 fully saturated rings. The average molecular weight is 407 g/mol. The Morgan fingerprint density at radius 2 is 1.71 bits per heavy atom. The van der Waals surface area contributed by atoms with E-state index in [1.807, 2.05) is 61.5 Å². The summed E-state index contributed by atoms with van der Waals surface area (Å²) in [6.45, 7) is 1.99. The number of hydrogen-bond donors (Lipinski definition) is 0. The van der Waals surface area contributed by atoms with Crippen LogP contribution < -0.4 is 0 Å². The van der Waals surface area contributed by atoms with Gasteiger partial charge in [0.2, 0.25) is 0 Å². The molecule has 1 heterocycles. The Morgan fingerprint density at radius 3 is 2.46 bits per heavy atom. The second kappa shape index (κ2) is 7.63. The van der Waals surface area contributed by atoms with Crippen LogP contribution in [-0.2, 0) is 0 Å². The molecule has 0 saturated heterocycles. The molecule has 0 aliphatic rings. The quantitative estimate of drug-likeness (QED) is 0.286. The maximum Gasteiger partial charge on any atom is 0.264 e. The van der Waals surface area contributed by atoms with Crippen molar-refractivity contribution in [3.8, 4) is 0 Å². The average Bonchev–Trinajstić information content (AvgIpc) is 3.08. The number of allylic oxidation sites excluding steroid dienone is 1. The molecule has 1 aromatic heterocycles. The van der Waals surface area contributed by atoms with Gasteiger partial charge in [-0.05, 0) is 66.1 Å². The second-order valence-electron chi connectivity index (χ2n) is 6.54. The highest BCUT2D eigenvalue weighted by Gasteiger charge is 2.17. The zero-order valence-corrected chi connectivity index (χ0v) is 16.6. The van der Waals surface area contributed by atoms with Gasteiger partial charge in [-0.15, -0.1) is 0 Å². The highest BCUT2D eigenvalue weighted by molar-refractivity contribution is 6.32. The fourth-order valence-corrected chi connectivity index (χ4v) is 3.49. The highest BCUT2D eigenvalue weighted by atomic mass is 35.5. The van der Waals surface area contributed by atoms with Crippen LogP contribution in [0.2, 0.25) is 10.0 Å². The monoisotopic (exact) mass is 406 g/mol. The van der Waals surface area contributed by atoms with Crippen LogP contribution in [0.1, 0.15) is 21.5 Å². The SMILES string of the molecule is Cc1ccc2ncn(C(=O)/C(=C/c3cccc(Cl)c3)c3cccc(Cl)c3)c2c1. The smallest absolute Gasteiger partial charge is 0.264 e. The van der Waals surface area contributed by atoms with Crippen molar-refractivity contribution in [3.05, 3.63) is 99.8 Å². The van der Waals surface area contributed by atoms with E-state index in [-0.39, 0.29) is 5.91 Å². The van der Waals surface area contributed by atoms with Gasteiger partial charge < -0.3 is 0 Å². The zero-order chi connectivity index (χ0) is 19.7. The van der Waals surface area contributed by atoms with Crippen LogP contribution in [0.5, 0.6) is 0 Å². The summed E-state index contributed by atoms with van der Waals surface area (Å²) in [6.07, 6.45) is 3.38. The molecule has 0 amide bonds. The van der Waals surface area contributed by atoms with E-state index in [1.165, 1.54) is 0 Å². The van der Waals surface area contributed by atoms with Crippen molar-refractivity contribution < 1.29 is 4.79 Å². The van der Waals surface area contributed by atoms with Crippen LogP contribution in [0.3, 0.4) is 0 Å². The summed E-state index contributed by atoms with van der Waals surface area (Å²) in [7, 11) is 0. The van der Waals surface area contributed by atoms with Crippen LogP contribution in [-0.4, -0.2) is 15.5 Å². The number of imidazole rings is 1. The third-order valence-electron chi connectivity index (χ3n) is 4.45. The zero-order valence-electron chi connectivity index (χ0n) is 15.1. The topological polar surface area (TPSA) is 34.9 Å². The van der Waals surface area contributed by atoms with E-state index in [0.29, 0.717) is 15.6 Å². The van der Waals surface area contributed by atoms with Gasteiger partial charge in [0.1, 0.15) is 6.33 Å². The first kappa shape index (κ1) is 18.5. The Kier molecular flexibility index (Phi) is 5.03. The van der Waals surface area contributed by atoms with Gasteiger partial charge in [-0.3, -0.25) is 9.36 Å². The molecule has 0 saturated carbocycles. The van der Waals surface area contributed by atoms with E-state index in [9.17, 15) is 4.79 Å². The summed E-state index contributed by atoms with van der Waals surface area (Å²) in [6, 6.07) is 20.5. The van der Waals surface area contributed by atoms with Gasteiger partial charge in [0, 0.05) is 15.6 Å². The molecule has 4 aromatic rings. The number of rotatable bonds is 3. The van der Waals surface area contributed by atoms with E-state index in [0.717, 1.165) is 27.7 Å². The van der Waals surface area contributed by atoms with Crippen molar-refractivity contribution in [3.63, 3.8) is 0 Å². The Morgan fingerprint density at radius 1 is 0.964 bits per heavy atom. The Balaban J connectivity index is 1.89. The van der Waals surface area contributed by atoms with Gasteiger partial charge in [-0.2, -0.15) is 0 Å². The van der Waals surface area contributed by atoms with E-state index in [2.05, 4.69) is 4.98 Å². The summed E-state index contributed by atoms with van der Waals surface area (Å²) in [5.41, 5.74) is 4.66. The first-order valence-corrected chi connectivity index (χ1v) is 9.48. The molecule has 28 heavy (non-hydrogen) atoms. The van der Waals surface area contributed by atoms with Gasteiger partial charge in [-0.25, -0.2) is 4.98 Å². The third-order valence-corrected chi connectivity index (χ3v) is 4.92. The van der Waals surface area contributed by atoms with Gasteiger partial charge in [0.15, 0.2) is 0 Å². The van der Waals surface area contributed by atoms with Crippen LogP contribution >= 0.6 is 23.2 Å². The van der Waals surface area contributed by atoms with Gasteiger partial charge in [-0.1, -0.05) is 53.5 Å². The number of halogens is 2. The molecule has 5 heteroatoms. The van der Waals surface area contributed by atoms with E-state index in [4.69, 9.17) is 23.2 Å². The van der Waals surface area contributed by atoms with Crippen molar-refractivity contribution in [1.29, 1.82) is 0 Å². The normalized spacial score (nSPS) is 11.8. The maximum absolute atomic E-state index is 13.5. The number of carbonyl (C=O) groups is 1. The Hall–Kier alpha value is -2.88. The van der Waals surface area contributed by atoms with E-state index >= 15 is 0 Å². The van der Waals surface area contributed by atoms with Crippen LogP contribution in [0.15, 0.2) is 73.1 Å². The second-order valence-corrected chi connectivity index (χ2v) is 7.41. The fraction of sp³-hybridized carbons (Fsp3) is 0.0435. The standard InChI is InChI=1S/C23H16Cl2N2O/c1-15-8-9-21-22(10-15)27(14-26-21)23(28)20(17-5-3-7-19(25)13-17)12-16-4-2-6-18(24)11-16/h2-14H,1H3/b20-12+. The Bertz CT molecular complexity index is 1220. The minimum atomic E-state index is -0.185. The van der Waals surface area contributed by atoms with Crippen molar-refractivity contribution in [2.45, 2.75) is 6.92 Å². The number of carbonyl (C=O) groups excluding carboxylic acids is 1. The summed E-state index contributed by atoms with van der Waals surface area (Å²) >= 11 is 12.3. The maximum atomic E-state index is 13.5. The largest absolute Gasteiger partial charge is 0.268 e. The molecular formula is C23H16Cl2N2O. The summed E-state index contributed by atoms with van der Waals surface area (Å²) < 4.78 is 1.57. The number of aromatic nitrogens is 2. The molecule has 4 rings (SSSR count). The molecule has 0 aliphatic heterocycles. The summed E-state index contributed by atoms with van der Waals surface area (Å²) in [5.74, 6) is -0.185. The molecule has 0 bridgehead atoms. The van der Waals surface area contributed by atoms with Crippen molar-refractivity contribution in [1.82, 2.24) is 9.55 Å². The lowest BCUT2D eigenvalue weighted by Gasteiger charge is -2.10.